The number of nitrogens with one attached hydrogen (secondary N) is 1. The number of anilines is 1. The van der Waals surface area contributed by atoms with Gasteiger partial charge in [-0.25, -0.2) is 4.98 Å². The lowest BCUT2D eigenvalue weighted by atomic mass is 10.1. The van der Waals surface area contributed by atoms with Crippen LogP contribution in [0.4, 0.5) is 5.82 Å². The summed E-state index contributed by atoms with van der Waals surface area (Å²) in [5.74, 6) is 1.17. The molecule has 2 heterocycles. The van der Waals surface area contributed by atoms with Crippen LogP contribution in [0, 0.1) is 0 Å². The fraction of sp³-hybridized carbons (Fsp3) is 0.688. The van der Waals surface area contributed by atoms with Crippen LogP contribution in [0.25, 0.3) is 0 Å². The summed E-state index contributed by atoms with van der Waals surface area (Å²) >= 11 is 0. The first-order chi connectivity index (χ1) is 9.28. The van der Waals surface area contributed by atoms with Crippen LogP contribution >= 0.6 is 0 Å². The Bertz CT molecular complexity index is 428. The maximum atomic E-state index is 4.61. The zero-order valence-corrected chi connectivity index (χ0v) is 12.1. The lowest BCUT2D eigenvalue weighted by molar-refractivity contribution is 0.619. The molecule has 2 atom stereocenters. The molecule has 1 aliphatic carbocycles. The van der Waals surface area contributed by atoms with E-state index in [4.69, 9.17) is 0 Å². The van der Waals surface area contributed by atoms with Crippen LogP contribution in [0.5, 0.6) is 0 Å². The Labute approximate surface area is 116 Å². The van der Waals surface area contributed by atoms with Crippen molar-refractivity contribution < 1.29 is 0 Å². The summed E-state index contributed by atoms with van der Waals surface area (Å²) in [7, 11) is 0. The van der Waals surface area contributed by atoms with E-state index in [-0.39, 0.29) is 0 Å². The van der Waals surface area contributed by atoms with Crippen LogP contribution in [-0.2, 0) is 6.54 Å². The van der Waals surface area contributed by atoms with Crippen molar-refractivity contribution in [3.8, 4) is 0 Å². The highest BCUT2D eigenvalue weighted by molar-refractivity contribution is 5.44. The van der Waals surface area contributed by atoms with Gasteiger partial charge >= 0.3 is 0 Å². The van der Waals surface area contributed by atoms with Gasteiger partial charge in [-0.2, -0.15) is 0 Å². The topological polar surface area (TPSA) is 28.2 Å². The van der Waals surface area contributed by atoms with Gasteiger partial charge in [-0.15, -0.1) is 0 Å². The Morgan fingerprint density at radius 2 is 2.16 bits per heavy atom. The number of pyridine rings is 1. The second-order valence-electron chi connectivity index (χ2n) is 6.07. The third-order valence-corrected chi connectivity index (χ3v) is 4.50. The molecule has 104 valence electrons. The Hall–Kier alpha value is -1.09. The van der Waals surface area contributed by atoms with Crippen molar-refractivity contribution in [3.05, 3.63) is 23.9 Å². The molecule has 2 fully saturated rings. The minimum absolute atomic E-state index is 0.629. The van der Waals surface area contributed by atoms with E-state index in [1.165, 1.54) is 43.5 Å². The highest BCUT2D eigenvalue weighted by Gasteiger charge is 2.30. The zero-order chi connectivity index (χ0) is 13.2. The quantitative estimate of drug-likeness (QED) is 0.880. The second kappa shape index (κ2) is 5.49. The number of nitrogens with zero attached hydrogens (tertiary/aromatic N) is 2. The molecule has 3 nitrogen and oxygen atoms in total. The minimum atomic E-state index is 0.629. The van der Waals surface area contributed by atoms with Crippen LogP contribution in [0.15, 0.2) is 18.3 Å². The summed E-state index contributed by atoms with van der Waals surface area (Å²) in [4.78, 5) is 7.14. The van der Waals surface area contributed by atoms with Gasteiger partial charge in [-0.3, -0.25) is 0 Å². The van der Waals surface area contributed by atoms with Crippen molar-refractivity contribution >= 4 is 5.82 Å². The first-order valence-electron chi connectivity index (χ1n) is 7.74. The zero-order valence-electron chi connectivity index (χ0n) is 12.1. The van der Waals surface area contributed by atoms with Gasteiger partial charge in [0.2, 0.25) is 0 Å². The predicted molar refractivity (Wildman–Crippen MR) is 79.4 cm³/mol. The molecule has 0 radical (unpaired) electrons. The summed E-state index contributed by atoms with van der Waals surface area (Å²) in [5.41, 5.74) is 1.37. The number of hydrogen-bond donors (Lipinski definition) is 1. The average Bonchev–Trinajstić information content (AvgIpc) is 3.19. The molecule has 1 N–H and O–H groups in total. The van der Waals surface area contributed by atoms with Gasteiger partial charge in [0.1, 0.15) is 5.82 Å². The van der Waals surface area contributed by atoms with Crippen molar-refractivity contribution in [2.45, 2.75) is 70.6 Å². The highest BCUT2D eigenvalue weighted by Crippen LogP contribution is 2.31. The predicted octanol–water partition coefficient (Wildman–Crippen LogP) is 3.10. The Balaban J connectivity index is 1.73. The van der Waals surface area contributed by atoms with E-state index in [1.54, 1.807) is 0 Å². The molecule has 2 unspecified atom stereocenters. The van der Waals surface area contributed by atoms with E-state index in [0.717, 1.165) is 12.6 Å². The normalized spacial score (nSPS) is 26.9. The van der Waals surface area contributed by atoms with Gasteiger partial charge < -0.3 is 10.2 Å². The third kappa shape index (κ3) is 2.92. The standard InChI is InChI=1S/C16H25N3/c1-3-15-7-4-12(2)19(15)16-10-13(8-9-17-16)11-18-14-5-6-14/h8-10,12,14-15,18H,3-7,11H2,1-2H3. The molecule has 3 rings (SSSR count). The molecule has 1 aliphatic heterocycles. The van der Waals surface area contributed by atoms with Crippen LogP contribution < -0.4 is 10.2 Å². The van der Waals surface area contributed by atoms with Crippen LogP contribution in [0.3, 0.4) is 0 Å². The number of rotatable bonds is 5. The van der Waals surface area contributed by atoms with E-state index in [2.05, 4.69) is 41.2 Å². The summed E-state index contributed by atoms with van der Waals surface area (Å²) in [6.45, 7) is 5.60. The smallest absolute Gasteiger partial charge is 0.129 e. The van der Waals surface area contributed by atoms with Gasteiger partial charge in [0.25, 0.3) is 0 Å². The Morgan fingerprint density at radius 3 is 2.89 bits per heavy atom. The van der Waals surface area contributed by atoms with Gasteiger partial charge in [-0.05, 0) is 56.7 Å². The summed E-state index contributed by atoms with van der Waals surface area (Å²) in [6.07, 6.45) is 8.49. The maximum absolute atomic E-state index is 4.61. The molecule has 1 aromatic heterocycles. The molecule has 19 heavy (non-hydrogen) atoms. The average molecular weight is 259 g/mol. The molecule has 0 spiro atoms. The van der Waals surface area contributed by atoms with Gasteiger partial charge in [0.15, 0.2) is 0 Å². The third-order valence-electron chi connectivity index (χ3n) is 4.50. The summed E-state index contributed by atoms with van der Waals surface area (Å²) in [6, 6.07) is 6.49. The maximum Gasteiger partial charge on any atom is 0.129 e. The fourth-order valence-electron chi connectivity index (χ4n) is 3.15. The van der Waals surface area contributed by atoms with E-state index >= 15 is 0 Å². The number of hydrogen-bond acceptors (Lipinski definition) is 3. The van der Waals surface area contributed by atoms with Crippen LogP contribution in [0.1, 0.15) is 51.5 Å². The molecular formula is C16H25N3. The van der Waals surface area contributed by atoms with Crippen molar-refractivity contribution in [1.82, 2.24) is 10.3 Å². The minimum Gasteiger partial charge on any atom is -0.351 e. The van der Waals surface area contributed by atoms with Crippen LogP contribution in [0.2, 0.25) is 0 Å². The molecule has 2 aliphatic rings. The Morgan fingerprint density at radius 1 is 1.32 bits per heavy atom. The first-order valence-corrected chi connectivity index (χ1v) is 7.74. The van der Waals surface area contributed by atoms with Gasteiger partial charge in [0.05, 0.1) is 0 Å². The highest BCUT2D eigenvalue weighted by atomic mass is 15.3. The summed E-state index contributed by atoms with van der Waals surface area (Å²) in [5, 5.41) is 3.58. The molecular weight excluding hydrogens is 234 g/mol. The van der Waals surface area contributed by atoms with E-state index < -0.39 is 0 Å². The van der Waals surface area contributed by atoms with Crippen molar-refractivity contribution in [1.29, 1.82) is 0 Å². The number of aromatic nitrogens is 1. The monoisotopic (exact) mass is 259 g/mol. The SMILES string of the molecule is CCC1CCC(C)N1c1cc(CNC2CC2)ccn1. The summed E-state index contributed by atoms with van der Waals surface area (Å²) < 4.78 is 0. The second-order valence-corrected chi connectivity index (χ2v) is 6.07. The van der Waals surface area contributed by atoms with Crippen LogP contribution in [-0.4, -0.2) is 23.1 Å². The Kier molecular flexibility index (Phi) is 3.74. The lowest BCUT2D eigenvalue weighted by Crippen LogP contribution is -2.34. The van der Waals surface area contributed by atoms with Crippen molar-refractivity contribution in [2.75, 3.05) is 4.90 Å². The molecule has 3 heteroatoms. The van der Waals surface area contributed by atoms with Crippen molar-refractivity contribution in [2.24, 2.45) is 0 Å². The molecule has 1 aromatic rings. The molecule has 1 saturated heterocycles. The van der Waals surface area contributed by atoms with E-state index in [9.17, 15) is 0 Å². The van der Waals surface area contributed by atoms with Gasteiger partial charge in [0, 0.05) is 30.9 Å². The molecule has 1 saturated carbocycles. The molecule has 0 bridgehead atoms. The molecule has 0 aromatic carbocycles. The largest absolute Gasteiger partial charge is 0.351 e. The van der Waals surface area contributed by atoms with Crippen molar-refractivity contribution in [3.63, 3.8) is 0 Å². The fourth-order valence-corrected chi connectivity index (χ4v) is 3.15. The van der Waals surface area contributed by atoms with Gasteiger partial charge in [-0.1, -0.05) is 6.92 Å². The van der Waals surface area contributed by atoms with E-state index in [0.29, 0.717) is 12.1 Å². The van der Waals surface area contributed by atoms with E-state index in [1.807, 2.05) is 6.20 Å². The first kappa shape index (κ1) is 12.9. The molecule has 0 amide bonds. The lowest BCUT2D eigenvalue weighted by Gasteiger charge is -2.29.